The fourth-order valence-corrected chi connectivity index (χ4v) is 2.51. The lowest BCUT2D eigenvalue weighted by molar-refractivity contribution is -0.131. The largest absolute Gasteiger partial charge is 0.396 e. The van der Waals surface area contributed by atoms with Crippen LogP contribution < -0.4 is 10.2 Å². The quantitative estimate of drug-likeness (QED) is 0.468. The summed E-state index contributed by atoms with van der Waals surface area (Å²) < 4.78 is 0. The highest BCUT2D eigenvalue weighted by molar-refractivity contribution is 6.35. The van der Waals surface area contributed by atoms with E-state index < -0.39 is 23.8 Å². The molecule has 1 aliphatic heterocycles. The Hall–Kier alpha value is -2.54. The number of benzene rings is 1. The molecule has 24 heavy (non-hydrogen) atoms. The summed E-state index contributed by atoms with van der Waals surface area (Å²) in [7, 11) is 0. The van der Waals surface area contributed by atoms with Crippen LogP contribution in [-0.4, -0.2) is 41.8 Å². The maximum Gasteiger partial charge on any atom is 0.335 e. The summed E-state index contributed by atoms with van der Waals surface area (Å²) >= 11 is 0. The van der Waals surface area contributed by atoms with Crippen LogP contribution in [0.1, 0.15) is 25.3 Å². The Labute approximate surface area is 140 Å². The van der Waals surface area contributed by atoms with Crippen molar-refractivity contribution in [1.29, 1.82) is 0 Å². The van der Waals surface area contributed by atoms with Gasteiger partial charge in [-0.3, -0.25) is 19.9 Å². The topological polar surface area (TPSA) is 99.1 Å². The van der Waals surface area contributed by atoms with Gasteiger partial charge < -0.3 is 5.11 Å². The predicted octanol–water partition coefficient (Wildman–Crippen LogP) is 1.43. The van der Waals surface area contributed by atoms with Crippen LogP contribution in [0.2, 0.25) is 0 Å². The number of barbiturate groups is 1. The number of carbonyl (C=O) groups is 3. The molecule has 1 aromatic rings. The summed E-state index contributed by atoms with van der Waals surface area (Å²) in [5.41, 5.74) is 1.82. The SMILES string of the molecule is CCC(=NCCCO)C1C(=O)NC(=O)N(c2ccc(C)cc2)C1=O. The van der Waals surface area contributed by atoms with Gasteiger partial charge in [-0.1, -0.05) is 24.6 Å². The molecular weight excluding hydrogens is 310 g/mol. The maximum absolute atomic E-state index is 12.8. The highest BCUT2D eigenvalue weighted by atomic mass is 16.3. The molecule has 0 spiro atoms. The average molecular weight is 331 g/mol. The third-order valence-corrected chi connectivity index (χ3v) is 3.78. The van der Waals surface area contributed by atoms with E-state index in [1.807, 2.05) is 6.92 Å². The van der Waals surface area contributed by atoms with Gasteiger partial charge >= 0.3 is 6.03 Å². The van der Waals surface area contributed by atoms with Crippen LogP contribution in [-0.2, 0) is 9.59 Å². The number of urea groups is 1. The van der Waals surface area contributed by atoms with Crippen molar-refractivity contribution in [2.45, 2.75) is 26.7 Å². The molecule has 1 aliphatic rings. The molecule has 0 aromatic heterocycles. The third kappa shape index (κ3) is 3.68. The van der Waals surface area contributed by atoms with E-state index in [4.69, 9.17) is 5.11 Å². The van der Waals surface area contributed by atoms with Crippen molar-refractivity contribution in [3.63, 3.8) is 0 Å². The summed E-state index contributed by atoms with van der Waals surface area (Å²) in [6.45, 7) is 4.01. The number of hydrogen-bond acceptors (Lipinski definition) is 5. The number of amides is 4. The number of rotatable bonds is 6. The minimum Gasteiger partial charge on any atom is -0.396 e. The predicted molar refractivity (Wildman–Crippen MR) is 90.0 cm³/mol. The monoisotopic (exact) mass is 331 g/mol. The number of aliphatic hydroxyl groups is 1. The van der Waals surface area contributed by atoms with Gasteiger partial charge in [0.25, 0.3) is 5.91 Å². The molecule has 1 heterocycles. The number of hydrogen-bond donors (Lipinski definition) is 2. The van der Waals surface area contributed by atoms with E-state index in [0.717, 1.165) is 10.5 Å². The van der Waals surface area contributed by atoms with Gasteiger partial charge in [0.2, 0.25) is 5.91 Å². The van der Waals surface area contributed by atoms with Crippen molar-refractivity contribution in [1.82, 2.24) is 5.32 Å². The summed E-state index contributed by atoms with van der Waals surface area (Å²) in [6, 6.07) is 6.15. The molecule has 1 fully saturated rings. The molecular formula is C17H21N3O4. The lowest BCUT2D eigenvalue weighted by Crippen LogP contribution is -2.60. The van der Waals surface area contributed by atoms with E-state index in [1.54, 1.807) is 31.2 Å². The number of aliphatic hydroxyl groups excluding tert-OH is 1. The molecule has 2 N–H and O–H groups in total. The molecule has 0 aliphatic carbocycles. The summed E-state index contributed by atoms with van der Waals surface area (Å²) in [6.07, 6.45) is 0.859. The van der Waals surface area contributed by atoms with Crippen molar-refractivity contribution < 1.29 is 19.5 Å². The van der Waals surface area contributed by atoms with Crippen molar-refractivity contribution in [2.24, 2.45) is 10.9 Å². The van der Waals surface area contributed by atoms with Crippen molar-refractivity contribution in [3.8, 4) is 0 Å². The average Bonchev–Trinajstić information content (AvgIpc) is 2.55. The van der Waals surface area contributed by atoms with Gasteiger partial charge in [0.05, 0.1) is 5.69 Å². The maximum atomic E-state index is 12.8. The summed E-state index contributed by atoms with van der Waals surface area (Å²) in [5.74, 6) is -2.37. The normalized spacial score (nSPS) is 18.8. The first-order chi connectivity index (χ1) is 11.5. The fourth-order valence-electron chi connectivity index (χ4n) is 2.51. The Bertz CT molecular complexity index is 667. The van der Waals surface area contributed by atoms with Crippen molar-refractivity contribution in [2.75, 3.05) is 18.1 Å². The molecule has 128 valence electrons. The van der Waals surface area contributed by atoms with Crippen LogP contribution >= 0.6 is 0 Å². The zero-order valence-corrected chi connectivity index (χ0v) is 13.8. The van der Waals surface area contributed by atoms with Crippen LogP contribution in [0.25, 0.3) is 0 Å². The Kier molecular flexibility index (Phi) is 5.81. The van der Waals surface area contributed by atoms with Gasteiger partial charge in [0.1, 0.15) is 0 Å². The molecule has 1 atom stereocenters. The minimum atomic E-state index is -1.12. The number of aliphatic imine (C=N–C) groups is 1. The van der Waals surface area contributed by atoms with E-state index in [-0.39, 0.29) is 6.61 Å². The lowest BCUT2D eigenvalue weighted by atomic mass is 9.96. The van der Waals surface area contributed by atoms with E-state index >= 15 is 0 Å². The molecule has 1 aromatic carbocycles. The number of carbonyl (C=O) groups excluding carboxylic acids is 3. The molecule has 7 heteroatoms. The van der Waals surface area contributed by atoms with Crippen molar-refractivity contribution >= 4 is 29.2 Å². The molecule has 1 unspecified atom stereocenters. The third-order valence-electron chi connectivity index (χ3n) is 3.78. The van der Waals surface area contributed by atoms with Crippen molar-refractivity contribution in [3.05, 3.63) is 29.8 Å². The second kappa shape index (κ2) is 7.83. The first-order valence-corrected chi connectivity index (χ1v) is 7.89. The zero-order chi connectivity index (χ0) is 17.7. The molecule has 0 radical (unpaired) electrons. The number of nitrogens with one attached hydrogen (secondary N) is 1. The summed E-state index contributed by atoms with van der Waals surface area (Å²) in [5, 5.41) is 11.1. The Morgan fingerprint density at radius 1 is 1.25 bits per heavy atom. The minimum absolute atomic E-state index is 0.0146. The van der Waals surface area contributed by atoms with Crippen LogP contribution in [0, 0.1) is 12.8 Å². The van der Waals surface area contributed by atoms with Gasteiger partial charge in [-0.25, -0.2) is 9.69 Å². The fraction of sp³-hybridized carbons (Fsp3) is 0.412. The van der Waals surface area contributed by atoms with Crippen LogP contribution in [0.5, 0.6) is 0 Å². The second-order valence-electron chi connectivity index (χ2n) is 5.54. The molecule has 4 amide bonds. The van der Waals surface area contributed by atoms with E-state index in [1.165, 1.54) is 0 Å². The highest BCUT2D eigenvalue weighted by Crippen LogP contribution is 2.22. The Morgan fingerprint density at radius 2 is 1.92 bits per heavy atom. The summed E-state index contributed by atoms with van der Waals surface area (Å²) in [4.78, 5) is 42.3. The standard InChI is InChI=1S/C17H21N3O4/c1-3-13(18-9-4-10-21)14-15(22)19-17(24)20(16(14)23)12-7-5-11(2)6-8-12/h5-8,14,21H,3-4,9-10H2,1-2H3,(H,19,22,24). The Morgan fingerprint density at radius 3 is 2.50 bits per heavy atom. The lowest BCUT2D eigenvalue weighted by Gasteiger charge is -2.30. The van der Waals surface area contributed by atoms with Crippen LogP contribution in [0.3, 0.4) is 0 Å². The number of anilines is 1. The van der Waals surface area contributed by atoms with Gasteiger partial charge in [0.15, 0.2) is 5.92 Å². The molecule has 1 saturated heterocycles. The smallest absolute Gasteiger partial charge is 0.335 e. The van der Waals surface area contributed by atoms with E-state index in [9.17, 15) is 14.4 Å². The number of aryl methyl sites for hydroxylation is 1. The van der Waals surface area contributed by atoms with Gasteiger partial charge in [0, 0.05) is 18.9 Å². The van der Waals surface area contributed by atoms with Gasteiger partial charge in [-0.2, -0.15) is 0 Å². The van der Waals surface area contributed by atoms with E-state index in [2.05, 4.69) is 10.3 Å². The van der Waals surface area contributed by atoms with Gasteiger partial charge in [-0.15, -0.1) is 0 Å². The molecule has 0 bridgehead atoms. The van der Waals surface area contributed by atoms with Gasteiger partial charge in [-0.05, 0) is 31.9 Å². The first kappa shape index (κ1) is 17.8. The second-order valence-corrected chi connectivity index (χ2v) is 5.54. The number of nitrogens with zero attached hydrogens (tertiary/aromatic N) is 2. The molecule has 7 nitrogen and oxygen atoms in total. The molecule has 2 rings (SSSR count). The molecule has 0 saturated carbocycles. The highest BCUT2D eigenvalue weighted by Gasteiger charge is 2.43. The number of imide groups is 2. The first-order valence-electron chi connectivity index (χ1n) is 7.89. The Balaban J connectivity index is 2.33. The van der Waals surface area contributed by atoms with E-state index in [0.29, 0.717) is 30.8 Å². The zero-order valence-electron chi connectivity index (χ0n) is 13.8. The van der Waals surface area contributed by atoms with Crippen LogP contribution in [0.15, 0.2) is 29.3 Å². The van der Waals surface area contributed by atoms with Crippen LogP contribution in [0.4, 0.5) is 10.5 Å².